The number of nitrogens with zero attached hydrogens (tertiary/aromatic N) is 3. The molecule has 0 radical (unpaired) electrons. The Morgan fingerprint density at radius 2 is 2.17 bits per heavy atom. The lowest BCUT2D eigenvalue weighted by Gasteiger charge is -2.39. The van der Waals surface area contributed by atoms with Crippen LogP contribution in [0.3, 0.4) is 0 Å². The number of ether oxygens (including phenoxy) is 1. The summed E-state index contributed by atoms with van der Waals surface area (Å²) < 4.78 is 42.5. The average Bonchev–Trinajstić information content (AvgIpc) is 2.53. The molecule has 1 aromatic rings. The number of pyridine rings is 1. The van der Waals surface area contributed by atoms with Gasteiger partial charge in [0.1, 0.15) is 0 Å². The molecule has 2 rings (SSSR count). The molecule has 0 aliphatic carbocycles. The van der Waals surface area contributed by atoms with E-state index in [9.17, 15) is 18.0 Å². The van der Waals surface area contributed by atoms with Gasteiger partial charge in [0, 0.05) is 31.7 Å². The Morgan fingerprint density at radius 3 is 2.79 bits per heavy atom. The summed E-state index contributed by atoms with van der Waals surface area (Å²) in [4.78, 5) is 19.2. The van der Waals surface area contributed by atoms with Crippen molar-refractivity contribution in [1.82, 2.24) is 20.1 Å². The van der Waals surface area contributed by atoms with E-state index in [2.05, 4.69) is 10.3 Å². The Kier molecular flexibility index (Phi) is 5.87. The average molecular weight is 346 g/mol. The maximum atomic E-state index is 12.5. The summed E-state index contributed by atoms with van der Waals surface area (Å²) in [5.74, 6) is 0.455. The number of rotatable bonds is 4. The largest absolute Gasteiger partial charge is 0.481 e. The fraction of sp³-hybridized carbons (Fsp3) is 0.600. The molecule has 0 aromatic carbocycles. The van der Waals surface area contributed by atoms with Gasteiger partial charge in [-0.3, -0.25) is 4.90 Å². The van der Waals surface area contributed by atoms with Gasteiger partial charge in [0.15, 0.2) is 0 Å². The normalized spacial score (nSPS) is 19.2. The Hall–Kier alpha value is -2.03. The number of carbonyl (C=O) groups is 1. The van der Waals surface area contributed by atoms with Crippen LogP contribution in [0.2, 0.25) is 0 Å². The fourth-order valence-electron chi connectivity index (χ4n) is 2.59. The van der Waals surface area contributed by atoms with Gasteiger partial charge in [0.2, 0.25) is 5.88 Å². The molecule has 0 bridgehead atoms. The topological polar surface area (TPSA) is 57.7 Å². The summed E-state index contributed by atoms with van der Waals surface area (Å²) in [6.45, 7) is 1.69. The van der Waals surface area contributed by atoms with Gasteiger partial charge in [-0.15, -0.1) is 0 Å². The van der Waals surface area contributed by atoms with E-state index in [0.29, 0.717) is 11.6 Å². The van der Waals surface area contributed by atoms with E-state index in [1.165, 1.54) is 16.9 Å². The molecule has 1 fully saturated rings. The molecular weight excluding hydrogens is 325 g/mol. The van der Waals surface area contributed by atoms with Crippen molar-refractivity contribution in [3.63, 3.8) is 0 Å². The number of piperazine rings is 1. The number of methoxy groups -OCH3 is 1. The molecule has 0 unspecified atom stereocenters. The molecule has 9 heteroatoms. The number of aromatic nitrogens is 1. The lowest BCUT2D eigenvalue weighted by Crippen LogP contribution is -2.57. The van der Waals surface area contributed by atoms with Crippen LogP contribution in [0.5, 0.6) is 5.88 Å². The molecule has 0 spiro atoms. The van der Waals surface area contributed by atoms with Crippen molar-refractivity contribution in [2.75, 3.05) is 33.3 Å². The smallest absolute Gasteiger partial charge is 0.401 e. The van der Waals surface area contributed by atoms with Gasteiger partial charge in [-0.2, -0.15) is 13.2 Å². The maximum absolute atomic E-state index is 12.5. The highest BCUT2D eigenvalue weighted by atomic mass is 19.4. The van der Waals surface area contributed by atoms with Gasteiger partial charge in [0.25, 0.3) is 0 Å². The Morgan fingerprint density at radius 1 is 1.42 bits per heavy atom. The first-order valence-corrected chi connectivity index (χ1v) is 7.62. The molecule has 2 amide bonds. The third-order valence-electron chi connectivity index (χ3n) is 3.85. The summed E-state index contributed by atoms with van der Waals surface area (Å²) in [6.07, 6.45) is -4.23. The summed E-state index contributed by atoms with van der Waals surface area (Å²) in [5, 5.41) is 2.73. The summed E-state index contributed by atoms with van der Waals surface area (Å²) in [7, 11) is 1.51. The van der Waals surface area contributed by atoms with Crippen molar-refractivity contribution in [3.8, 4) is 5.88 Å². The zero-order valence-corrected chi connectivity index (χ0v) is 13.6. The zero-order chi connectivity index (χ0) is 17.7. The summed E-state index contributed by atoms with van der Waals surface area (Å²) >= 11 is 0. The second-order valence-corrected chi connectivity index (χ2v) is 5.71. The highest BCUT2D eigenvalue weighted by molar-refractivity contribution is 5.74. The SMILES string of the molecule is COc1cccc(CNC(=O)N2CCN(CC(F)(F)F)[C@H](C)C2)n1. The minimum atomic E-state index is -4.23. The molecule has 24 heavy (non-hydrogen) atoms. The van der Waals surface area contributed by atoms with Crippen LogP contribution in [-0.4, -0.2) is 66.3 Å². The number of nitrogens with one attached hydrogen (secondary N) is 1. The molecule has 1 aliphatic rings. The third-order valence-corrected chi connectivity index (χ3v) is 3.85. The number of amides is 2. The quantitative estimate of drug-likeness (QED) is 0.904. The number of hydrogen-bond donors (Lipinski definition) is 1. The highest BCUT2D eigenvalue weighted by Crippen LogP contribution is 2.20. The zero-order valence-electron chi connectivity index (χ0n) is 13.6. The van der Waals surface area contributed by atoms with Crippen LogP contribution in [0.15, 0.2) is 18.2 Å². The van der Waals surface area contributed by atoms with Crippen LogP contribution in [0.4, 0.5) is 18.0 Å². The predicted octanol–water partition coefficient (Wildman–Crippen LogP) is 1.87. The summed E-state index contributed by atoms with van der Waals surface area (Å²) in [5.41, 5.74) is 0.645. The van der Waals surface area contributed by atoms with Crippen LogP contribution in [0.25, 0.3) is 0 Å². The van der Waals surface area contributed by atoms with Crippen molar-refractivity contribution in [1.29, 1.82) is 0 Å². The second kappa shape index (κ2) is 7.69. The van der Waals surface area contributed by atoms with Crippen LogP contribution >= 0.6 is 0 Å². The Bertz CT molecular complexity index is 568. The monoisotopic (exact) mass is 346 g/mol. The Balaban J connectivity index is 1.83. The molecule has 1 saturated heterocycles. The number of carbonyl (C=O) groups excluding carboxylic acids is 1. The summed E-state index contributed by atoms with van der Waals surface area (Å²) in [6, 6.07) is 4.57. The number of urea groups is 1. The van der Waals surface area contributed by atoms with E-state index >= 15 is 0 Å². The first-order chi connectivity index (χ1) is 11.3. The molecule has 1 aromatic heterocycles. The second-order valence-electron chi connectivity index (χ2n) is 5.71. The minimum absolute atomic E-state index is 0.200. The van der Waals surface area contributed by atoms with E-state index in [0.717, 1.165) is 0 Å². The fourth-order valence-corrected chi connectivity index (χ4v) is 2.59. The molecule has 134 valence electrons. The molecule has 2 heterocycles. The number of hydrogen-bond acceptors (Lipinski definition) is 4. The van der Waals surface area contributed by atoms with Crippen LogP contribution in [-0.2, 0) is 6.54 Å². The highest BCUT2D eigenvalue weighted by Gasteiger charge is 2.35. The number of alkyl halides is 3. The van der Waals surface area contributed by atoms with E-state index < -0.39 is 12.7 Å². The van der Waals surface area contributed by atoms with Crippen LogP contribution < -0.4 is 10.1 Å². The first kappa shape index (κ1) is 18.3. The van der Waals surface area contributed by atoms with Gasteiger partial charge in [-0.05, 0) is 13.0 Å². The van der Waals surface area contributed by atoms with E-state index in [1.54, 1.807) is 25.1 Å². The van der Waals surface area contributed by atoms with E-state index in [4.69, 9.17) is 4.74 Å². The van der Waals surface area contributed by atoms with Crippen LogP contribution in [0.1, 0.15) is 12.6 Å². The third kappa shape index (κ3) is 5.26. The van der Waals surface area contributed by atoms with E-state index in [1.807, 2.05) is 0 Å². The van der Waals surface area contributed by atoms with Gasteiger partial charge in [0.05, 0.1) is 25.9 Å². The van der Waals surface area contributed by atoms with Crippen molar-refractivity contribution >= 4 is 6.03 Å². The molecular formula is C15H21F3N4O2. The van der Waals surface area contributed by atoms with Gasteiger partial charge in [-0.1, -0.05) is 6.07 Å². The van der Waals surface area contributed by atoms with Crippen LogP contribution in [0, 0.1) is 0 Å². The molecule has 1 aliphatic heterocycles. The van der Waals surface area contributed by atoms with E-state index in [-0.39, 0.29) is 38.3 Å². The van der Waals surface area contributed by atoms with Crippen molar-refractivity contribution < 1.29 is 22.7 Å². The first-order valence-electron chi connectivity index (χ1n) is 7.62. The number of halogens is 3. The maximum Gasteiger partial charge on any atom is 0.401 e. The van der Waals surface area contributed by atoms with Crippen molar-refractivity contribution in [3.05, 3.63) is 23.9 Å². The molecule has 0 saturated carbocycles. The molecule has 6 nitrogen and oxygen atoms in total. The minimum Gasteiger partial charge on any atom is -0.481 e. The molecule has 1 atom stereocenters. The van der Waals surface area contributed by atoms with Crippen molar-refractivity contribution in [2.45, 2.75) is 25.7 Å². The standard InChI is InChI=1S/C15H21F3N4O2/c1-11-9-21(6-7-22(11)10-15(16,17)18)14(23)19-8-12-4-3-5-13(20-12)24-2/h3-5,11H,6-10H2,1-2H3,(H,19,23)/t11-/m1/s1. The lowest BCUT2D eigenvalue weighted by atomic mass is 10.2. The molecule has 1 N–H and O–H groups in total. The van der Waals surface area contributed by atoms with Gasteiger partial charge >= 0.3 is 12.2 Å². The van der Waals surface area contributed by atoms with Gasteiger partial charge in [-0.25, -0.2) is 9.78 Å². The predicted molar refractivity (Wildman–Crippen MR) is 81.7 cm³/mol. The van der Waals surface area contributed by atoms with Crippen molar-refractivity contribution in [2.24, 2.45) is 0 Å². The lowest BCUT2D eigenvalue weighted by molar-refractivity contribution is -0.153. The van der Waals surface area contributed by atoms with Gasteiger partial charge < -0.3 is 15.0 Å². The Labute approximate surface area is 138 Å².